The quantitative estimate of drug-likeness (QED) is 0.264. The zero-order valence-corrected chi connectivity index (χ0v) is 19.7. The summed E-state index contributed by atoms with van der Waals surface area (Å²) >= 11 is 0. The van der Waals surface area contributed by atoms with Gasteiger partial charge in [0.1, 0.15) is 0 Å². The van der Waals surface area contributed by atoms with E-state index in [2.05, 4.69) is 49.9 Å². The number of amides is 1. The van der Waals surface area contributed by atoms with Crippen LogP contribution < -0.4 is 11.2 Å². The van der Waals surface area contributed by atoms with E-state index in [1.165, 1.54) is 28.3 Å². The molecule has 1 atom stereocenters. The Morgan fingerprint density at radius 3 is 2.45 bits per heavy atom. The molecule has 1 unspecified atom stereocenters. The standard InChI is InChI=1S/C27H35N3O3/c1-27(2,3)25-22(21-6-4-5-7-23(21)26(25)28)14-15-30(16-17-31)18-20-10-8-19(9-11-20)12-13-24(32)29-33/h4-13,26,31,33H,14-18,28H2,1-3H3,(H,29,32)/b13-12+. The maximum atomic E-state index is 11.1. The monoisotopic (exact) mass is 449 g/mol. The molecule has 0 saturated carbocycles. The zero-order chi connectivity index (χ0) is 24.0. The zero-order valence-electron chi connectivity index (χ0n) is 19.7. The van der Waals surface area contributed by atoms with Crippen LogP contribution in [0.1, 0.15) is 55.5 Å². The Kier molecular flexibility index (Phi) is 8.21. The molecular formula is C27H35N3O3. The number of hydrogen-bond donors (Lipinski definition) is 4. The molecule has 0 heterocycles. The van der Waals surface area contributed by atoms with E-state index in [1.807, 2.05) is 24.3 Å². The highest BCUT2D eigenvalue weighted by Gasteiger charge is 2.34. The normalized spacial score (nSPS) is 16.0. The van der Waals surface area contributed by atoms with Gasteiger partial charge in [-0.3, -0.25) is 14.9 Å². The second-order valence-electron chi connectivity index (χ2n) is 9.51. The summed E-state index contributed by atoms with van der Waals surface area (Å²) in [6.07, 6.45) is 3.79. The van der Waals surface area contributed by atoms with E-state index in [1.54, 1.807) is 11.6 Å². The fourth-order valence-corrected chi connectivity index (χ4v) is 4.60. The van der Waals surface area contributed by atoms with Crippen LogP contribution in [0.5, 0.6) is 0 Å². The molecule has 6 nitrogen and oxygen atoms in total. The van der Waals surface area contributed by atoms with Gasteiger partial charge in [0.25, 0.3) is 5.91 Å². The molecule has 0 fully saturated rings. The van der Waals surface area contributed by atoms with Crippen molar-refractivity contribution in [2.75, 3.05) is 19.7 Å². The van der Waals surface area contributed by atoms with Crippen LogP contribution in [0, 0.1) is 5.41 Å². The van der Waals surface area contributed by atoms with Gasteiger partial charge in [-0.05, 0) is 51.3 Å². The van der Waals surface area contributed by atoms with Gasteiger partial charge in [0.15, 0.2) is 0 Å². The van der Waals surface area contributed by atoms with Crippen molar-refractivity contribution in [2.45, 2.75) is 39.8 Å². The number of aliphatic hydroxyl groups excluding tert-OH is 1. The fourth-order valence-electron chi connectivity index (χ4n) is 4.60. The highest BCUT2D eigenvalue weighted by molar-refractivity contribution is 5.90. The van der Waals surface area contributed by atoms with Crippen LogP contribution in [-0.2, 0) is 11.3 Å². The number of benzene rings is 2. The number of nitrogens with two attached hydrogens (primary N) is 1. The van der Waals surface area contributed by atoms with E-state index >= 15 is 0 Å². The van der Waals surface area contributed by atoms with Crippen molar-refractivity contribution in [1.29, 1.82) is 0 Å². The summed E-state index contributed by atoms with van der Waals surface area (Å²) in [4.78, 5) is 13.4. The Morgan fingerprint density at radius 2 is 1.82 bits per heavy atom. The molecule has 2 aromatic rings. The number of nitrogens with zero attached hydrogens (tertiary/aromatic N) is 1. The molecule has 1 amide bonds. The van der Waals surface area contributed by atoms with E-state index in [0.717, 1.165) is 24.1 Å². The van der Waals surface area contributed by atoms with Crippen molar-refractivity contribution in [3.8, 4) is 0 Å². The lowest BCUT2D eigenvalue weighted by atomic mass is 9.80. The third kappa shape index (κ3) is 6.18. The van der Waals surface area contributed by atoms with Crippen LogP contribution in [0.2, 0.25) is 0 Å². The molecule has 33 heavy (non-hydrogen) atoms. The molecule has 0 aromatic heterocycles. The maximum Gasteiger partial charge on any atom is 0.267 e. The largest absolute Gasteiger partial charge is 0.395 e. The number of carbonyl (C=O) groups excluding carboxylic acids is 1. The highest BCUT2D eigenvalue weighted by Crippen LogP contribution is 2.48. The van der Waals surface area contributed by atoms with Gasteiger partial charge in [-0.15, -0.1) is 0 Å². The van der Waals surface area contributed by atoms with E-state index in [-0.39, 0.29) is 18.1 Å². The van der Waals surface area contributed by atoms with Gasteiger partial charge in [-0.1, -0.05) is 69.3 Å². The topological polar surface area (TPSA) is 98.8 Å². The minimum absolute atomic E-state index is 0.0220. The Labute approximate surface area is 196 Å². The Bertz CT molecular complexity index is 1020. The number of hydroxylamine groups is 1. The molecule has 0 aliphatic heterocycles. The van der Waals surface area contributed by atoms with Crippen LogP contribution in [-0.4, -0.2) is 40.8 Å². The molecule has 176 valence electrons. The molecule has 3 rings (SSSR count). The van der Waals surface area contributed by atoms with E-state index in [0.29, 0.717) is 13.1 Å². The summed E-state index contributed by atoms with van der Waals surface area (Å²) in [7, 11) is 0. The molecule has 1 aliphatic carbocycles. The second kappa shape index (κ2) is 10.9. The summed E-state index contributed by atoms with van der Waals surface area (Å²) < 4.78 is 0. The average molecular weight is 450 g/mol. The van der Waals surface area contributed by atoms with Crippen molar-refractivity contribution >= 4 is 17.6 Å². The SMILES string of the molecule is CC(C)(C)C1=C(CCN(CCO)Cc2ccc(/C=C/C(=O)NO)cc2)c2ccccc2C1N. The smallest absolute Gasteiger partial charge is 0.267 e. The van der Waals surface area contributed by atoms with Gasteiger partial charge in [0, 0.05) is 25.7 Å². The summed E-state index contributed by atoms with van der Waals surface area (Å²) in [5.41, 5.74) is 15.3. The van der Waals surface area contributed by atoms with Crippen LogP contribution in [0.15, 0.2) is 60.2 Å². The molecule has 0 spiro atoms. The van der Waals surface area contributed by atoms with Gasteiger partial charge in [0.2, 0.25) is 0 Å². The van der Waals surface area contributed by atoms with Gasteiger partial charge in [-0.25, -0.2) is 5.48 Å². The van der Waals surface area contributed by atoms with Crippen molar-refractivity contribution in [3.63, 3.8) is 0 Å². The van der Waals surface area contributed by atoms with Crippen LogP contribution >= 0.6 is 0 Å². The number of aliphatic hydroxyl groups is 1. The number of nitrogens with one attached hydrogen (secondary N) is 1. The first kappa shape index (κ1) is 24.9. The lowest BCUT2D eigenvalue weighted by Gasteiger charge is -2.28. The summed E-state index contributed by atoms with van der Waals surface area (Å²) in [5.74, 6) is -0.565. The van der Waals surface area contributed by atoms with Gasteiger partial charge in [0.05, 0.1) is 12.6 Å². The van der Waals surface area contributed by atoms with Crippen molar-refractivity contribution in [3.05, 3.63) is 82.4 Å². The molecule has 0 radical (unpaired) electrons. The first-order valence-electron chi connectivity index (χ1n) is 11.4. The average Bonchev–Trinajstić information content (AvgIpc) is 3.09. The molecule has 0 bridgehead atoms. The highest BCUT2D eigenvalue weighted by atomic mass is 16.5. The van der Waals surface area contributed by atoms with Gasteiger partial charge >= 0.3 is 0 Å². The third-order valence-electron chi connectivity index (χ3n) is 6.08. The third-order valence-corrected chi connectivity index (χ3v) is 6.08. The molecule has 6 heteroatoms. The van der Waals surface area contributed by atoms with Crippen LogP contribution in [0.25, 0.3) is 11.6 Å². The van der Waals surface area contributed by atoms with E-state index in [9.17, 15) is 9.90 Å². The van der Waals surface area contributed by atoms with Gasteiger partial charge < -0.3 is 10.8 Å². The lowest BCUT2D eigenvalue weighted by molar-refractivity contribution is -0.124. The van der Waals surface area contributed by atoms with Crippen LogP contribution in [0.4, 0.5) is 0 Å². The first-order chi connectivity index (χ1) is 15.7. The van der Waals surface area contributed by atoms with E-state index in [4.69, 9.17) is 10.9 Å². The molecular weight excluding hydrogens is 414 g/mol. The molecule has 2 aromatic carbocycles. The number of rotatable bonds is 9. The molecule has 1 aliphatic rings. The Balaban J connectivity index is 1.74. The van der Waals surface area contributed by atoms with Gasteiger partial charge in [-0.2, -0.15) is 0 Å². The summed E-state index contributed by atoms with van der Waals surface area (Å²) in [6.45, 7) is 8.88. The van der Waals surface area contributed by atoms with Crippen molar-refractivity contribution in [2.24, 2.45) is 11.1 Å². The number of fused-ring (bicyclic) bond motifs is 1. The minimum atomic E-state index is -0.565. The maximum absolute atomic E-state index is 11.1. The predicted molar refractivity (Wildman–Crippen MR) is 132 cm³/mol. The number of hydrogen-bond acceptors (Lipinski definition) is 5. The Hall–Kier alpha value is -2.77. The van der Waals surface area contributed by atoms with Crippen molar-refractivity contribution in [1.82, 2.24) is 10.4 Å². The number of carbonyl (C=O) groups is 1. The Morgan fingerprint density at radius 1 is 1.12 bits per heavy atom. The summed E-state index contributed by atoms with van der Waals surface area (Å²) in [5, 5.41) is 18.2. The first-order valence-corrected chi connectivity index (χ1v) is 11.4. The van der Waals surface area contributed by atoms with E-state index < -0.39 is 5.91 Å². The fraction of sp³-hybridized carbons (Fsp3) is 0.370. The predicted octanol–water partition coefficient (Wildman–Crippen LogP) is 3.90. The molecule has 5 N–H and O–H groups in total. The summed E-state index contributed by atoms with van der Waals surface area (Å²) in [6, 6.07) is 16.2. The molecule has 0 saturated heterocycles. The van der Waals surface area contributed by atoms with Crippen LogP contribution in [0.3, 0.4) is 0 Å². The second-order valence-corrected chi connectivity index (χ2v) is 9.51. The minimum Gasteiger partial charge on any atom is -0.395 e. The lowest BCUT2D eigenvalue weighted by Crippen LogP contribution is -2.28. The van der Waals surface area contributed by atoms with Crippen molar-refractivity contribution < 1.29 is 15.1 Å².